The molecule has 5 heteroatoms. The van der Waals surface area contributed by atoms with E-state index in [2.05, 4.69) is 21.2 Å². The van der Waals surface area contributed by atoms with E-state index < -0.39 is 0 Å². The number of hydrogen-bond donors (Lipinski definition) is 1. The van der Waals surface area contributed by atoms with E-state index in [9.17, 15) is 4.39 Å². The highest BCUT2D eigenvalue weighted by Crippen LogP contribution is 2.31. The average Bonchev–Trinajstić information content (AvgIpc) is 2.35. The van der Waals surface area contributed by atoms with E-state index in [1.165, 1.54) is 6.07 Å². The molecule has 0 saturated carbocycles. The third-order valence-electron chi connectivity index (χ3n) is 3.07. The summed E-state index contributed by atoms with van der Waals surface area (Å²) >= 11 is 15.3. The summed E-state index contributed by atoms with van der Waals surface area (Å²) in [5.41, 5.74) is 2.63. The maximum atomic E-state index is 13.4. The molecule has 2 rings (SSSR count). The molecule has 0 spiro atoms. The summed E-state index contributed by atoms with van der Waals surface area (Å²) in [5, 5.41) is 4.54. The van der Waals surface area contributed by atoms with Gasteiger partial charge in [-0.25, -0.2) is 4.39 Å². The fourth-order valence-electron chi connectivity index (χ4n) is 1.97. The number of nitrogens with one attached hydrogen (secondary N) is 1. The molecule has 0 radical (unpaired) electrons. The Labute approximate surface area is 136 Å². The topological polar surface area (TPSA) is 12.0 Å². The first-order valence-corrected chi connectivity index (χ1v) is 7.60. The zero-order chi connectivity index (χ0) is 14.9. The minimum atomic E-state index is -0.273. The minimum absolute atomic E-state index is 0.0178. The molecule has 0 aliphatic carbocycles. The van der Waals surface area contributed by atoms with Crippen molar-refractivity contribution in [1.82, 2.24) is 0 Å². The molecule has 2 aromatic rings. The molecule has 0 bridgehead atoms. The molecule has 1 N–H and O–H groups in total. The largest absolute Gasteiger partial charge is 0.378 e. The normalized spacial score (nSPS) is 12.3. The molecule has 20 heavy (non-hydrogen) atoms. The number of rotatable bonds is 3. The molecule has 1 unspecified atom stereocenters. The van der Waals surface area contributed by atoms with Gasteiger partial charge in [0.2, 0.25) is 0 Å². The summed E-state index contributed by atoms with van der Waals surface area (Å²) in [5.74, 6) is -0.273. The van der Waals surface area contributed by atoms with Crippen molar-refractivity contribution in [3.63, 3.8) is 0 Å². The number of anilines is 1. The number of halogens is 4. The standard InChI is InChI=1S/C15H13BrCl2FN/c1-8-5-14(19)12(16)7-15(8)20-9(2)11-4-3-10(17)6-13(11)18/h3-7,9,20H,1-2H3. The first-order valence-electron chi connectivity index (χ1n) is 6.05. The van der Waals surface area contributed by atoms with E-state index in [1.807, 2.05) is 19.9 Å². The second-order valence-corrected chi connectivity index (χ2v) is 6.31. The molecule has 0 amide bonds. The van der Waals surface area contributed by atoms with Crippen molar-refractivity contribution in [2.24, 2.45) is 0 Å². The van der Waals surface area contributed by atoms with Gasteiger partial charge in [-0.1, -0.05) is 29.3 Å². The van der Waals surface area contributed by atoms with Gasteiger partial charge in [0.15, 0.2) is 0 Å². The molecule has 0 fully saturated rings. The van der Waals surface area contributed by atoms with Crippen LogP contribution in [-0.2, 0) is 0 Å². The highest BCUT2D eigenvalue weighted by atomic mass is 79.9. The van der Waals surface area contributed by atoms with Crippen molar-refractivity contribution in [3.05, 3.63) is 61.8 Å². The molecule has 0 aromatic heterocycles. The second kappa shape index (κ2) is 6.33. The Morgan fingerprint density at radius 3 is 2.55 bits per heavy atom. The van der Waals surface area contributed by atoms with Crippen LogP contribution in [0.15, 0.2) is 34.8 Å². The van der Waals surface area contributed by atoms with Gasteiger partial charge in [-0.15, -0.1) is 0 Å². The van der Waals surface area contributed by atoms with Crippen molar-refractivity contribution >= 4 is 44.8 Å². The summed E-state index contributed by atoms with van der Waals surface area (Å²) in [6.07, 6.45) is 0. The van der Waals surface area contributed by atoms with Gasteiger partial charge in [0.05, 0.1) is 10.5 Å². The van der Waals surface area contributed by atoms with E-state index in [4.69, 9.17) is 23.2 Å². The molecule has 0 saturated heterocycles. The van der Waals surface area contributed by atoms with Crippen LogP contribution < -0.4 is 5.32 Å². The first-order chi connectivity index (χ1) is 9.38. The smallest absolute Gasteiger partial charge is 0.137 e. The molecular weight excluding hydrogens is 364 g/mol. The fraction of sp³-hybridized carbons (Fsp3) is 0.200. The van der Waals surface area contributed by atoms with Gasteiger partial charge in [0.25, 0.3) is 0 Å². The van der Waals surface area contributed by atoms with E-state index in [0.29, 0.717) is 14.5 Å². The van der Waals surface area contributed by atoms with Crippen molar-refractivity contribution in [2.45, 2.75) is 19.9 Å². The maximum Gasteiger partial charge on any atom is 0.137 e. The predicted octanol–water partition coefficient (Wildman–Crippen LogP) is 6.38. The van der Waals surface area contributed by atoms with E-state index in [1.54, 1.807) is 18.2 Å². The summed E-state index contributed by atoms with van der Waals surface area (Å²) < 4.78 is 13.8. The molecule has 1 atom stereocenters. The number of benzene rings is 2. The van der Waals surface area contributed by atoms with Crippen LogP contribution in [0.2, 0.25) is 10.0 Å². The van der Waals surface area contributed by atoms with Crippen LogP contribution in [0.3, 0.4) is 0 Å². The Kier molecular flexibility index (Phi) is 4.95. The quantitative estimate of drug-likeness (QED) is 0.655. The molecule has 0 heterocycles. The fourth-order valence-corrected chi connectivity index (χ4v) is 2.88. The van der Waals surface area contributed by atoms with Crippen LogP contribution in [0.4, 0.5) is 10.1 Å². The Morgan fingerprint density at radius 1 is 1.20 bits per heavy atom. The first kappa shape index (κ1) is 15.6. The lowest BCUT2D eigenvalue weighted by Gasteiger charge is -2.19. The molecular formula is C15H13BrCl2FN. The van der Waals surface area contributed by atoms with Gasteiger partial charge in [0.1, 0.15) is 5.82 Å². The van der Waals surface area contributed by atoms with E-state index >= 15 is 0 Å². The lowest BCUT2D eigenvalue weighted by Crippen LogP contribution is -2.08. The molecule has 0 aliphatic heterocycles. The second-order valence-electron chi connectivity index (χ2n) is 4.61. The van der Waals surface area contributed by atoms with Crippen molar-refractivity contribution < 1.29 is 4.39 Å². The molecule has 106 valence electrons. The molecule has 2 aromatic carbocycles. The van der Waals surface area contributed by atoms with E-state index in [-0.39, 0.29) is 11.9 Å². The predicted molar refractivity (Wildman–Crippen MR) is 87.3 cm³/mol. The van der Waals surface area contributed by atoms with Gasteiger partial charge in [-0.2, -0.15) is 0 Å². The Morgan fingerprint density at radius 2 is 1.90 bits per heavy atom. The zero-order valence-corrected chi connectivity index (χ0v) is 14.1. The van der Waals surface area contributed by atoms with Crippen LogP contribution in [0.1, 0.15) is 24.1 Å². The van der Waals surface area contributed by atoms with Gasteiger partial charge in [-0.05, 0) is 65.2 Å². The number of hydrogen-bond acceptors (Lipinski definition) is 1. The average molecular weight is 377 g/mol. The van der Waals surface area contributed by atoms with Gasteiger partial charge in [0, 0.05) is 15.7 Å². The van der Waals surface area contributed by atoms with Crippen molar-refractivity contribution in [1.29, 1.82) is 0 Å². The van der Waals surface area contributed by atoms with Gasteiger partial charge >= 0.3 is 0 Å². The summed E-state index contributed by atoms with van der Waals surface area (Å²) in [7, 11) is 0. The van der Waals surface area contributed by atoms with Crippen molar-refractivity contribution in [2.75, 3.05) is 5.32 Å². The SMILES string of the molecule is Cc1cc(F)c(Br)cc1NC(C)c1ccc(Cl)cc1Cl. The van der Waals surface area contributed by atoms with Crippen LogP contribution in [0.5, 0.6) is 0 Å². The van der Waals surface area contributed by atoms with Crippen LogP contribution in [0.25, 0.3) is 0 Å². The highest BCUT2D eigenvalue weighted by molar-refractivity contribution is 9.10. The summed E-state index contributed by atoms with van der Waals surface area (Å²) in [4.78, 5) is 0. The lowest BCUT2D eigenvalue weighted by atomic mass is 10.1. The third-order valence-corrected chi connectivity index (χ3v) is 4.24. The Hall–Kier alpha value is -0.770. The summed E-state index contributed by atoms with van der Waals surface area (Å²) in [6, 6.07) is 8.60. The minimum Gasteiger partial charge on any atom is -0.378 e. The monoisotopic (exact) mass is 375 g/mol. The van der Waals surface area contributed by atoms with Gasteiger partial charge < -0.3 is 5.32 Å². The summed E-state index contributed by atoms with van der Waals surface area (Å²) in [6.45, 7) is 3.85. The maximum absolute atomic E-state index is 13.4. The molecule has 1 nitrogen and oxygen atoms in total. The highest BCUT2D eigenvalue weighted by Gasteiger charge is 2.12. The van der Waals surface area contributed by atoms with E-state index in [0.717, 1.165) is 16.8 Å². The van der Waals surface area contributed by atoms with Crippen LogP contribution >= 0.6 is 39.1 Å². The van der Waals surface area contributed by atoms with Crippen LogP contribution in [-0.4, -0.2) is 0 Å². The van der Waals surface area contributed by atoms with Gasteiger partial charge in [-0.3, -0.25) is 0 Å². The van der Waals surface area contributed by atoms with Crippen LogP contribution in [0, 0.1) is 12.7 Å². The zero-order valence-electron chi connectivity index (χ0n) is 11.0. The molecule has 0 aliphatic rings. The Balaban J connectivity index is 2.27. The Bertz CT molecular complexity index is 646. The third kappa shape index (κ3) is 3.46. The van der Waals surface area contributed by atoms with Crippen molar-refractivity contribution in [3.8, 4) is 0 Å². The number of aryl methyl sites for hydroxylation is 1. The lowest BCUT2D eigenvalue weighted by molar-refractivity contribution is 0.620.